The molecular weight excluding hydrogens is 230 g/mol. The summed E-state index contributed by atoms with van der Waals surface area (Å²) in [5.74, 6) is 0. The molecule has 0 radical (unpaired) electrons. The highest BCUT2D eigenvalue weighted by Gasteiger charge is 2.27. The molecule has 1 saturated heterocycles. The van der Waals surface area contributed by atoms with E-state index in [4.69, 9.17) is 0 Å². The molecule has 0 saturated carbocycles. The monoisotopic (exact) mass is 251 g/mol. The van der Waals surface area contributed by atoms with E-state index >= 15 is 0 Å². The summed E-state index contributed by atoms with van der Waals surface area (Å²) in [4.78, 5) is 14.8. The van der Waals surface area contributed by atoms with Crippen LogP contribution in [-0.4, -0.2) is 59.3 Å². The van der Waals surface area contributed by atoms with Crippen molar-refractivity contribution in [1.82, 2.24) is 9.80 Å². The highest BCUT2D eigenvalue weighted by molar-refractivity contribution is 5.89. The number of oxime groups is 1. The van der Waals surface area contributed by atoms with Crippen molar-refractivity contribution in [2.45, 2.75) is 31.7 Å². The van der Waals surface area contributed by atoms with Crippen molar-refractivity contribution in [3.8, 4) is 0 Å². The standard InChI is InChI=1S/C13H21N3O2/c17-11-15-7-9-16(10-8-15)13-6-4-2-1-3-5-12(13)14-18/h1-2,11,13,18H,3-10H2/b2-1-,14-12+. The average molecular weight is 251 g/mol. The van der Waals surface area contributed by atoms with Gasteiger partial charge >= 0.3 is 0 Å². The fourth-order valence-electron chi connectivity index (χ4n) is 2.72. The van der Waals surface area contributed by atoms with E-state index in [2.05, 4.69) is 22.2 Å². The van der Waals surface area contributed by atoms with E-state index in [1.54, 1.807) is 4.90 Å². The number of carbonyl (C=O) groups excluding carboxylic acids is 1. The van der Waals surface area contributed by atoms with Crippen molar-refractivity contribution < 1.29 is 10.0 Å². The van der Waals surface area contributed by atoms with Gasteiger partial charge in [0.05, 0.1) is 11.8 Å². The Labute approximate surface area is 108 Å². The smallest absolute Gasteiger partial charge is 0.209 e. The molecule has 5 heteroatoms. The number of nitrogens with zero attached hydrogens (tertiary/aromatic N) is 3. The van der Waals surface area contributed by atoms with Crippen LogP contribution in [-0.2, 0) is 4.79 Å². The molecule has 0 spiro atoms. The molecule has 0 bridgehead atoms. The Morgan fingerprint density at radius 2 is 1.94 bits per heavy atom. The van der Waals surface area contributed by atoms with E-state index in [0.717, 1.165) is 64.0 Å². The number of allylic oxidation sites excluding steroid dienone is 2. The summed E-state index contributed by atoms with van der Waals surface area (Å²) in [6, 6.07) is 0.230. The second-order valence-corrected chi connectivity index (χ2v) is 4.87. The van der Waals surface area contributed by atoms with Crippen LogP contribution < -0.4 is 0 Å². The van der Waals surface area contributed by atoms with Gasteiger partial charge in [-0.2, -0.15) is 0 Å². The molecule has 0 aromatic rings. The Morgan fingerprint density at radius 3 is 2.61 bits per heavy atom. The zero-order valence-corrected chi connectivity index (χ0v) is 10.7. The van der Waals surface area contributed by atoms with E-state index in [0.29, 0.717) is 0 Å². The molecule has 1 aliphatic heterocycles. The third-order valence-corrected chi connectivity index (χ3v) is 3.79. The van der Waals surface area contributed by atoms with Gasteiger partial charge in [0.2, 0.25) is 6.41 Å². The molecule has 2 rings (SSSR count). The lowest BCUT2D eigenvalue weighted by Gasteiger charge is -2.38. The SMILES string of the molecule is O=CN1CCN(C2CC/C=C\CC/C2=N\O)CC1. The second-order valence-electron chi connectivity index (χ2n) is 4.87. The maximum Gasteiger partial charge on any atom is 0.209 e. The van der Waals surface area contributed by atoms with Gasteiger partial charge in [-0.3, -0.25) is 9.69 Å². The zero-order chi connectivity index (χ0) is 12.8. The molecule has 2 aliphatic rings. The van der Waals surface area contributed by atoms with E-state index in [1.807, 2.05) is 0 Å². The molecule has 5 nitrogen and oxygen atoms in total. The van der Waals surface area contributed by atoms with Gasteiger partial charge in [-0.1, -0.05) is 17.3 Å². The molecule has 1 amide bonds. The van der Waals surface area contributed by atoms with Crippen LogP contribution in [0.15, 0.2) is 17.3 Å². The fourth-order valence-corrected chi connectivity index (χ4v) is 2.72. The predicted molar refractivity (Wildman–Crippen MR) is 69.8 cm³/mol. The van der Waals surface area contributed by atoms with Crippen LogP contribution in [0.3, 0.4) is 0 Å². The minimum atomic E-state index is 0.230. The van der Waals surface area contributed by atoms with Crippen molar-refractivity contribution in [1.29, 1.82) is 0 Å². The highest BCUT2D eigenvalue weighted by Crippen LogP contribution is 2.18. The summed E-state index contributed by atoms with van der Waals surface area (Å²) in [7, 11) is 0. The van der Waals surface area contributed by atoms with Crippen molar-refractivity contribution >= 4 is 12.1 Å². The molecule has 18 heavy (non-hydrogen) atoms. The van der Waals surface area contributed by atoms with Crippen molar-refractivity contribution in [3.63, 3.8) is 0 Å². The van der Waals surface area contributed by atoms with E-state index < -0.39 is 0 Å². The van der Waals surface area contributed by atoms with Crippen LogP contribution in [0.5, 0.6) is 0 Å². The first-order chi connectivity index (χ1) is 8.85. The number of carbonyl (C=O) groups is 1. The summed E-state index contributed by atoms with van der Waals surface area (Å²) in [6.07, 6.45) is 9.08. The fraction of sp³-hybridized carbons (Fsp3) is 0.692. The van der Waals surface area contributed by atoms with Gasteiger partial charge in [0.25, 0.3) is 0 Å². The van der Waals surface area contributed by atoms with Crippen LogP contribution in [0, 0.1) is 0 Å². The quantitative estimate of drug-likeness (QED) is 0.346. The first-order valence-corrected chi connectivity index (χ1v) is 6.64. The van der Waals surface area contributed by atoms with Crippen molar-refractivity contribution in [2.24, 2.45) is 5.16 Å². The molecule has 1 unspecified atom stereocenters. The largest absolute Gasteiger partial charge is 0.411 e. The molecule has 0 aromatic heterocycles. The Kier molecular flexibility index (Phi) is 4.75. The maximum absolute atomic E-state index is 10.7. The van der Waals surface area contributed by atoms with Gasteiger partial charge in [0.15, 0.2) is 0 Å². The highest BCUT2D eigenvalue weighted by atomic mass is 16.4. The van der Waals surface area contributed by atoms with Gasteiger partial charge < -0.3 is 10.1 Å². The number of piperazine rings is 1. The van der Waals surface area contributed by atoms with Crippen molar-refractivity contribution in [2.75, 3.05) is 26.2 Å². The predicted octanol–water partition coefficient (Wildman–Crippen LogP) is 1.09. The summed E-state index contributed by atoms with van der Waals surface area (Å²) < 4.78 is 0. The van der Waals surface area contributed by atoms with Crippen molar-refractivity contribution in [3.05, 3.63) is 12.2 Å². The molecule has 1 aliphatic carbocycles. The summed E-state index contributed by atoms with van der Waals surface area (Å²) in [5.41, 5.74) is 0.888. The van der Waals surface area contributed by atoms with Gasteiger partial charge in [-0.05, 0) is 25.7 Å². The number of hydrogen-bond acceptors (Lipinski definition) is 4. The topological polar surface area (TPSA) is 56.1 Å². The van der Waals surface area contributed by atoms with E-state index in [9.17, 15) is 10.0 Å². The maximum atomic E-state index is 10.7. The molecule has 0 aromatic carbocycles. The van der Waals surface area contributed by atoms with Gasteiger partial charge in [0, 0.05) is 26.2 Å². The minimum Gasteiger partial charge on any atom is -0.411 e. The lowest BCUT2D eigenvalue weighted by molar-refractivity contribution is -0.119. The Morgan fingerprint density at radius 1 is 1.22 bits per heavy atom. The number of rotatable bonds is 2. The lowest BCUT2D eigenvalue weighted by Crippen LogP contribution is -2.52. The molecule has 1 heterocycles. The normalized spacial score (nSPS) is 30.8. The minimum absolute atomic E-state index is 0.230. The summed E-state index contributed by atoms with van der Waals surface area (Å²) in [6.45, 7) is 3.28. The lowest BCUT2D eigenvalue weighted by atomic mass is 9.96. The van der Waals surface area contributed by atoms with E-state index in [1.165, 1.54) is 0 Å². The number of amides is 1. The average Bonchev–Trinajstić information content (AvgIpc) is 2.39. The van der Waals surface area contributed by atoms with Crippen LogP contribution in [0.2, 0.25) is 0 Å². The third kappa shape index (κ3) is 3.10. The Bertz CT molecular complexity index is 333. The zero-order valence-electron chi connectivity index (χ0n) is 10.7. The first kappa shape index (κ1) is 13.1. The first-order valence-electron chi connectivity index (χ1n) is 6.64. The van der Waals surface area contributed by atoms with Crippen LogP contribution in [0.25, 0.3) is 0 Å². The summed E-state index contributed by atoms with van der Waals surface area (Å²) in [5, 5.41) is 12.7. The Balaban J connectivity index is 2.00. The molecule has 1 fully saturated rings. The second kappa shape index (κ2) is 6.54. The van der Waals surface area contributed by atoms with Crippen LogP contribution >= 0.6 is 0 Å². The third-order valence-electron chi connectivity index (χ3n) is 3.79. The molecule has 1 atom stereocenters. The van der Waals surface area contributed by atoms with Gasteiger partial charge in [0.1, 0.15) is 0 Å². The van der Waals surface area contributed by atoms with Gasteiger partial charge in [-0.15, -0.1) is 0 Å². The summed E-state index contributed by atoms with van der Waals surface area (Å²) >= 11 is 0. The van der Waals surface area contributed by atoms with E-state index in [-0.39, 0.29) is 6.04 Å². The van der Waals surface area contributed by atoms with Gasteiger partial charge in [-0.25, -0.2) is 0 Å². The molecule has 100 valence electrons. The number of hydrogen-bond donors (Lipinski definition) is 1. The molecule has 1 N–H and O–H groups in total. The molecular formula is C13H21N3O2. The van der Waals surface area contributed by atoms with Crippen LogP contribution in [0.4, 0.5) is 0 Å². The Hall–Kier alpha value is -1.36. The van der Waals surface area contributed by atoms with Crippen LogP contribution in [0.1, 0.15) is 25.7 Å².